The number of nitrogens with one attached hydrogen (secondary N) is 2. The number of carbonyl (C=O) groups is 1. The number of nitrogens with zero attached hydrogens (tertiary/aromatic N) is 3. The Balaban J connectivity index is 1.80. The van der Waals surface area contributed by atoms with Gasteiger partial charge in [0.25, 0.3) is 5.91 Å². The summed E-state index contributed by atoms with van der Waals surface area (Å²) in [4.78, 5) is 17.8. The van der Waals surface area contributed by atoms with Crippen molar-refractivity contribution in [2.45, 2.75) is 26.8 Å². The van der Waals surface area contributed by atoms with Crippen molar-refractivity contribution in [3.63, 3.8) is 0 Å². The molecule has 0 aliphatic heterocycles. The first-order valence-corrected chi connectivity index (χ1v) is 7.41. The summed E-state index contributed by atoms with van der Waals surface area (Å²) in [7, 11) is 0. The third-order valence-electron chi connectivity index (χ3n) is 3.26. The first kappa shape index (κ1) is 13.7. The van der Waals surface area contributed by atoms with Crippen LogP contribution in [0.3, 0.4) is 0 Å². The van der Waals surface area contributed by atoms with Gasteiger partial charge in [0.2, 0.25) is 0 Å². The molecule has 1 amide bonds. The van der Waals surface area contributed by atoms with E-state index in [2.05, 4.69) is 25.7 Å². The van der Waals surface area contributed by atoms with Crippen LogP contribution in [0.25, 0.3) is 11.0 Å². The van der Waals surface area contributed by atoms with E-state index in [1.165, 1.54) is 0 Å². The van der Waals surface area contributed by atoms with Gasteiger partial charge in [-0.2, -0.15) is 15.4 Å². The molecule has 0 spiro atoms. The van der Waals surface area contributed by atoms with E-state index in [4.69, 9.17) is 0 Å². The lowest BCUT2D eigenvalue weighted by atomic mass is 10.1. The van der Waals surface area contributed by atoms with Gasteiger partial charge in [-0.25, -0.2) is 4.98 Å². The van der Waals surface area contributed by atoms with E-state index < -0.39 is 0 Å². The number of carbonyl (C=O) groups excluding carboxylic acids is 1. The van der Waals surface area contributed by atoms with E-state index in [0.29, 0.717) is 11.1 Å². The van der Waals surface area contributed by atoms with E-state index in [0.717, 1.165) is 21.1 Å². The quantitative estimate of drug-likeness (QED) is 0.778. The van der Waals surface area contributed by atoms with Crippen molar-refractivity contribution in [3.05, 3.63) is 39.3 Å². The smallest absolute Gasteiger partial charge is 0.251 e. The van der Waals surface area contributed by atoms with Crippen LogP contribution in [0.1, 0.15) is 38.9 Å². The molecule has 0 saturated carbocycles. The number of rotatable bonds is 3. The molecule has 2 heterocycles. The zero-order valence-corrected chi connectivity index (χ0v) is 12.8. The second kappa shape index (κ2) is 5.25. The fourth-order valence-electron chi connectivity index (χ4n) is 2.28. The minimum absolute atomic E-state index is 0.0725. The molecule has 1 aromatic carbocycles. The number of aryl methyl sites for hydroxylation is 2. The van der Waals surface area contributed by atoms with E-state index >= 15 is 0 Å². The molecular weight excluding hydrogens is 286 g/mol. The summed E-state index contributed by atoms with van der Waals surface area (Å²) >= 11 is 1.61. The van der Waals surface area contributed by atoms with Gasteiger partial charge in [0.05, 0.1) is 16.7 Å². The van der Waals surface area contributed by atoms with Crippen molar-refractivity contribution in [1.82, 2.24) is 25.7 Å². The Kier molecular flexibility index (Phi) is 3.42. The van der Waals surface area contributed by atoms with Crippen molar-refractivity contribution >= 4 is 28.3 Å². The van der Waals surface area contributed by atoms with E-state index in [-0.39, 0.29) is 11.9 Å². The van der Waals surface area contributed by atoms with Crippen molar-refractivity contribution in [2.24, 2.45) is 0 Å². The fraction of sp³-hybridized carbons (Fsp3) is 0.286. The monoisotopic (exact) mass is 301 g/mol. The van der Waals surface area contributed by atoms with Gasteiger partial charge >= 0.3 is 0 Å². The molecule has 2 N–H and O–H groups in total. The van der Waals surface area contributed by atoms with Crippen molar-refractivity contribution in [3.8, 4) is 0 Å². The standard InChI is InChI=1S/C14H15N5OS/c1-7-13(21-9(3)15-7)8(2)16-14(20)10-4-5-11-12(6-10)18-19-17-11/h4-6,8H,1-3H3,(H,16,20)(H,17,18,19)/t8-/m0/s1. The molecule has 7 heteroatoms. The maximum Gasteiger partial charge on any atom is 0.251 e. The number of benzene rings is 1. The maximum atomic E-state index is 12.3. The van der Waals surface area contributed by atoms with Crippen LogP contribution in [0.2, 0.25) is 0 Å². The molecule has 0 bridgehead atoms. The first-order valence-electron chi connectivity index (χ1n) is 6.60. The molecule has 6 nitrogen and oxygen atoms in total. The van der Waals surface area contributed by atoms with Gasteiger partial charge in [-0.1, -0.05) is 0 Å². The molecule has 1 atom stereocenters. The summed E-state index contributed by atoms with van der Waals surface area (Å²) in [5, 5.41) is 14.5. The maximum absolute atomic E-state index is 12.3. The number of aromatic nitrogens is 4. The van der Waals surface area contributed by atoms with Gasteiger partial charge in [0, 0.05) is 10.4 Å². The van der Waals surface area contributed by atoms with Crippen LogP contribution in [0.5, 0.6) is 0 Å². The minimum atomic E-state index is -0.127. The Morgan fingerprint density at radius 1 is 1.29 bits per heavy atom. The highest BCUT2D eigenvalue weighted by Gasteiger charge is 2.16. The van der Waals surface area contributed by atoms with E-state index in [1.807, 2.05) is 20.8 Å². The Bertz CT molecular complexity index is 807. The summed E-state index contributed by atoms with van der Waals surface area (Å²) in [6.45, 7) is 5.89. The number of fused-ring (bicyclic) bond motifs is 1. The van der Waals surface area contributed by atoms with Crippen molar-refractivity contribution < 1.29 is 4.79 Å². The van der Waals surface area contributed by atoms with Gasteiger partial charge in [0.1, 0.15) is 11.0 Å². The molecule has 0 unspecified atom stereocenters. The summed E-state index contributed by atoms with van der Waals surface area (Å²) in [5.41, 5.74) is 2.97. The molecule has 3 aromatic rings. The molecule has 2 aromatic heterocycles. The second-order valence-electron chi connectivity index (χ2n) is 4.90. The minimum Gasteiger partial charge on any atom is -0.345 e. The molecular formula is C14H15N5OS. The number of amides is 1. The van der Waals surface area contributed by atoms with Crippen LogP contribution in [0.15, 0.2) is 18.2 Å². The molecule has 3 rings (SSSR count). The van der Waals surface area contributed by atoms with Gasteiger partial charge in [-0.15, -0.1) is 11.3 Å². The normalized spacial score (nSPS) is 12.5. The molecule has 0 saturated heterocycles. The largest absolute Gasteiger partial charge is 0.345 e. The van der Waals surface area contributed by atoms with E-state index in [1.54, 1.807) is 29.5 Å². The Labute approximate surface area is 125 Å². The molecule has 0 fully saturated rings. The average molecular weight is 301 g/mol. The lowest BCUT2D eigenvalue weighted by molar-refractivity contribution is 0.0940. The Morgan fingerprint density at radius 2 is 2.05 bits per heavy atom. The van der Waals surface area contributed by atoms with Crippen LogP contribution in [0.4, 0.5) is 0 Å². The third kappa shape index (κ3) is 2.64. The zero-order chi connectivity index (χ0) is 15.0. The molecule has 0 aliphatic rings. The SMILES string of the molecule is Cc1nc(C)c([C@H](C)NC(=O)c2ccc3n[nH]nc3c2)s1. The first-order chi connectivity index (χ1) is 10.0. The van der Waals surface area contributed by atoms with Gasteiger partial charge < -0.3 is 5.32 Å². The lowest BCUT2D eigenvalue weighted by Crippen LogP contribution is -2.26. The van der Waals surface area contributed by atoms with E-state index in [9.17, 15) is 4.79 Å². The predicted octanol–water partition coefficient (Wildman–Crippen LogP) is 2.52. The molecule has 108 valence electrons. The summed E-state index contributed by atoms with van der Waals surface area (Å²) in [5.74, 6) is -0.127. The van der Waals surface area contributed by atoms with Crippen molar-refractivity contribution in [1.29, 1.82) is 0 Å². The molecule has 21 heavy (non-hydrogen) atoms. The highest BCUT2D eigenvalue weighted by Crippen LogP contribution is 2.24. The average Bonchev–Trinajstić information content (AvgIpc) is 3.03. The number of aromatic amines is 1. The Morgan fingerprint density at radius 3 is 2.76 bits per heavy atom. The highest BCUT2D eigenvalue weighted by atomic mass is 32.1. The third-order valence-corrected chi connectivity index (χ3v) is 4.51. The second-order valence-corrected chi connectivity index (χ2v) is 6.14. The fourth-order valence-corrected chi connectivity index (χ4v) is 3.21. The Hall–Kier alpha value is -2.28. The summed E-state index contributed by atoms with van der Waals surface area (Å²) in [6.07, 6.45) is 0. The number of H-pyrrole nitrogens is 1. The number of hydrogen-bond acceptors (Lipinski definition) is 5. The van der Waals surface area contributed by atoms with Gasteiger partial charge in [0.15, 0.2) is 0 Å². The summed E-state index contributed by atoms with van der Waals surface area (Å²) < 4.78 is 0. The van der Waals surface area contributed by atoms with Crippen LogP contribution in [-0.2, 0) is 0 Å². The zero-order valence-electron chi connectivity index (χ0n) is 12.0. The van der Waals surface area contributed by atoms with Gasteiger partial charge in [-0.05, 0) is 39.0 Å². The highest BCUT2D eigenvalue weighted by molar-refractivity contribution is 7.11. The summed E-state index contributed by atoms with van der Waals surface area (Å²) in [6, 6.07) is 5.18. The van der Waals surface area contributed by atoms with Crippen LogP contribution in [0, 0.1) is 13.8 Å². The molecule has 0 aliphatic carbocycles. The number of hydrogen-bond donors (Lipinski definition) is 2. The predicted molar refractivity (Wildman–Crippen MR) is 81.4 cm³/mol. The topological polar surface area (TPSA) is 83.6 Å². The van der Waals surface area contributed by atoms with Crippen LogP contribution in [-0.4, -0.2) is 26.3 Å². The van der Waals surface area contributed by atoms with Crippen molar-refractivity contribution in [2.75, 3.05) is 0 Å². The lowest BCUT2D eigenvalue weighted by Gasteiger charge is -2.12. The van der Waals surface area contributed by atoms with Crippen LogP contribution >= 0.6 is 11.3 Å². The van der Waals surface area contributed by atoms with Gasteiger partial charge in [-0.3, -0.25) is 4.79 Å². The molecule has 0 radical (unpaired) electrons. The number of thiazole rings is 1. The van der Waals surface area contributed by atoms with Crippen LogP contribution < -0.4 is 5.32 Å².